The van der Waals surface area contributed by atoms with E-state index in [0.717, 1.165) is 5.56 Å². The molecule has 7 nitrogen and oxygen atoms in total. The molecular formula is C24H21NO6. The van der Waals surface area contributed by atoms with Gasteiger partial charge in [-0.25, -0.2) is 4.79 Å². The predicted molar refractivity (Wildman–Crippen MR) is 113 cm³/mol. The van der Waals surface area contributed by atoms with Crippen molar-refractivity contribution >= 4 is 23.4 Å². The van der Waals surface area contributed by atoms with E-state index in [0.29, 0.717) is 29.0 Å². The second-order valence-electron chi connectivity index (χ2n) is 6.90. The van der Waals surface area contributed by atoms with Crippen molar-refractivity contribution in [2.24, 2.45) is 0 Å². The number of ketones is 2. The third-order valence-electron chi connectivity index (χ3n) is 4.53. The van der Waals surface area contributed by atoms with Crippen molar-refractivity contribution in [1.82, 2.24) is 5.32 Å². The molecular weight excluding hydrogens is 398 g/mol. The summed E-state index contributed by atoms with van der Waals surface area (Å²) in [5.41, 5.74) is 2.53. The maximum Gasteiger partial charge on any atom is 0.374 e. The number of carbonyl (C=O) groups is 4. The fourth-order valence-corrected chi connectivity index (χ4v) is 2.79. The van der Waals surface area contributed by atoms with Gasteiger partial charge in [-0.15, -0.1) is 0 Å². The van der Waals surface area contributed by atoms with Gasteiger partial charge in [0.15, 0.2) is 18.2 Å². The number of carbonyl (C=O) groups excluding carboxylic acids is 4. The van der Waals surface area contributed by atoms with Crippen molar-refractivity contribution in [3.05, 3.63) is 83.1 Å². The molecule has 0 aliphatic carbocycles. The van der Waals surface area contributed by atoms with E-state index in [1.54, 1.807) is 54.6 Å². The Morgan fingerprint density at radius 1 is 0.839 bits per heavy atom. The summed E-state index contributed by atoms with van der Waals surface area (Å²) >= 11 is 0. The molecule has 0 bridgehead atoms. The average Bonchev–Trinajstić information content (AvgIpc) is 3.26. The van der Waals surface area contributed by atoms with E-state index in [9.17, 15) is 19.2 Å². The van der Waals surface area contributed by atoms with Crippen LogP contribution in [0.1, 0.15) is 50.7 Å². The Bertz CT molecular complexity index is 1110. The number of ether oxygens (including phenoxy) is 1. The highest BCUT2D eigenvalue weighted by molar-refractivity contribution is 5.99. The molecule has 2 aromatic carbocycles. The molecule has 0 aliphatic rings. The standard InChI is InChI=1S/C24H21NO6/c1-15(26)18-7-9-20(10-8-18)22-11-12-23(31-22)24(29)30-14-21(28)19-5-3-17(4-6-19)13-25-16(2)27/h3-12H,13-14H2,1-2H3,(H,25,27). The van der Waals surface area contributed by atoms with Crippen LogP contribution in [-0.4, -0.2) is 30.0 Å². The lowest BCUT2D eigenvalue weighted by molar-refractivity contribution is -0.119. The Morgan fingerprint density at radius 3 is 2.10 bits per heavy atom. The van der Waals surface area contributed by atoms with E-state index in [-0.39, 0.29) is 23.2 Å². The number of hydrogen-bond acceptors (Lipinski definition) is 6. The van der Waals surface area contributed by atoms with Crippen LogP contribution in [0.2, 0.25) is 0 Å². The molecule has 0 radical (unpaired) electrons. The first-order chi connectivity index (χ1) is 14.8. The number of hydrogen-bond donors (Lipinski definition) is 1. The van der Waals surface area contributed by atoms with Gasteiger partial charge in [0, 0.05) is 30.2 Å². The summed E-state index contributed by atoms with van der Waals surface area (Å²) < 4.78 is 10.6. The first kappa shape index (κ1) is 21.7. The van der Waals surface area contributed by atoms with Crippen LogP contribution in [0.15, 0.2) is 65.1 Å². The summed E-state index contributed by atoms with van der Waals surface area (Å²) in [7, 11) is 0. The molecule has 0 unspecified atom stereocenters. The van der Waals surface area contributed by atoms with Crippen molar-refractivity contribution in [3.63, 3.8) is 0 Å². The molecule has 0 fully saturated rings. The molecule has 1 heterocycles. The number of benzene rings is 2. The summed E-state index contributed by atoms with van der Waals surface area (Å²) in [5, 5.41) is 2.67. The van der Waals surface area contributed by atoms with Crippen LogP contribution in [0.5, 0.6) is 0 Å². The summed E-state index contributed by atoms with van der Waals surface area (Å²) in [6, 6.07) is 16.6. The van der Waals surface area contributed by atoms with E-state index in [1.165, 1.54) is 19.9 Å². The Hall–Kier alpha value is -4.00. The maximum atomic E-state index is 12.3. The average molecular weight is 419 g/mol. The molecule has 3 rings (SSSR count). The molecule has 0 saturated heterocycles. The number of furan rings is 1. The van der Waals surface area contributed by atoms with Crippen molar-refractivity contribution in [3.8, 4) is 11.3 Å². The normalized spacial score (nSPS) is 10.4. The summed E-state index contributed by atoms with van der Waals surface area (Å²) in [6.45, 7) is 2.86. The van der Waals surface area contributed by atoms with E-state index in [2.05, 4.69) is 5.32 Å². The molecule has 3 aromatic rings. The second-order valence-corrected chi connectivity index (χ2v) is 6.90. The number of amides is 1. The van der Waals surface area contributed by atoms with Gasteiger partial charge in [0.05, 0.1) is 0 Å². The zero-order valence-electron chi connectivity index (χ0n) is 17.1. The lowest BCUT2D eigenvalue weighted by atomic mass is 10.1. The minimum absolute atomic E-state index is 0.0240. The Labute approximate surface area is 179 Å². The smallest absolute Gasteiger partial charge is 0.374 e. The molecule has 31 heavy (non-hydrogen) atoms. The molecule has 158 valence electrons. The number of nitrogens with one attached hydrogen (secondary N) is 1. The molecule has 0 spiro atoms. The first-order valence-corrected chi connectivity index (χ1v) is 9.58. The van der Waals surface area contributed by atoms with Crippen molar-refractivity contribution in [2.45, 2.75) is 20.4 Å². The van der Waals surface area contributed by atoms with Crippen LogP contribution in [0, 0.1) is 0 Å². The second kappa shape index (κ2) is 9.67. The fraction of sp³-hybridized carbons (Fsp3) is 0.167. The van der Waals surface area contributed by atoms with Crippen LogP contribution >= 0.6 is 0 Å². The zero-order valence-corrected chi connectivity index (χ0v) is 17.1. The molecule has 7 heteroatoms. The zero-order chi connectivity index (χ0) is 22.4. The van der Waals surface area contributed by atoms with Crippen LogP contribution in [0.4, 0.5) is 0 Å². The van der Waals surface area contributed by atoms with Gasteiger partial charge in [-0.05, 0) is 24.6 Å². The minimum atomic E-state index is -0.748. The Balaban J connectivity index is 1.56. The van der Waals surface area contributed by atoms with Crippen molar-refractivity contribution < 1.29 is 28.3 Å². The van der Waals surface area contributed by atoms with Gasteiger partial charge >= 0.3 is 5.97 Å². The van der Waals surface area contributed by atoms with Crippen LogP contribution in [-0.2, 0) is 16.1 Å². The molecule has 0 saturated carbocycles. The summed E-state index contributed by atoms with van der Waals surface area (Å²) in [6.07, 6.45) is 0. The first-order valence-electron chi connectivity index (χ1n) is 9.58. The lowest BCUT2D eigenvalue weighted by Gasteiger charge is -2.05. The Morgan fingerprint density at radius 2 is 1.48 bits per heavy atom. The molecule has 0 atom stereocenters. The van der Waals surface area contributed by atoms with Crippen LogP contribution in [0.25, 0.3) is 11.3 Å². The fourth-order valence-electron chi connectivity index (χ4n) is 2.79. The lowest BCUT2D eigenvalue weighted by Crippen LogP contribution is -2.19. The predicted octanol–water partition coefficient (Wildman–Crippen LogP) is 3.83. The van der Waals surface area contributed by atoms with Gasteiger partial charge in [-0.3, -0.25) is 14.4 Å². The van der Waals surface area contributed by atoms with Gasteiger partial charge in [-0.1, -0.05) is 48.5 Å². The van der Waals surface area contributed by atoms with Crippen LogP contribution in [0.3, 0.4) is 0 Å². The van der Waals surface area contributed by atoms with E-state index >= 15 is 0 Å². The number of esters is 1. The van der Waals surface area contributed by atoms with Gasteiger partial charge < -0.3 is 14.5 Å². The largest absolute Gasteiger partial charge is 0.451 e. The maximum absolute atomic E-state index is 12.3. The molecule has 1 N–H and O–H groups in total. The highest BCUT2D eigenvalue weighted by Crippen LogP contribution is 2.23. The third kappa shape index (κ3) is 5.76. The number of Topliss-reactive ketones (excluding diaryl/α,β-unsaturated/α-hetero) is 2. The van der Waals surface area contributed by atoms with Gasteiger partial charge in [0.2, 0.25) is 11.7 Å². The van der Waals surface area contributed by atoms with E-state index < -0.39 is 12.6 Å². The van der Waals surface area contributed by atoms with E-state index in [4.69, 9.17) is 9.15 Å². The topological polar surface area (TPSA) is 103 Å². The summed E-state index contributed by atoms with van der Waals surface area (Å²) in [4.78, 5) is 46.8. The van der Waals surface area contributed by atoms with Gasteiger partial charge in [0.25, 0.3) is 0 Å². The molecule has 1 amide bonds. The quantitative estimate of drug-likeness (QED) is 0.440. The Kier molecular flexibility index (Phi) is 6.77. The monoisotopic (exact) mass is 419 g/mol. The van der Waals surface area contributed by atoms with Crippen molar-refractivity contribution in [1.29, 1.82) is 0 Å². The minimum Gasteiger partial charge on any atom is -0.451 e. The highest BCUT2D eigenvalue weighted by Gasteiger charge is 2.16. The third-order valence-corrected chi connectivity index (χ3v) is 4.53. The highest BCUT2D eigenvalue weighted by atomic mass is 16.5. The van der Waals surface area contributed by atoms with Gasteiger partial charge in [0.1, 0.15) is 5.76 Å². The van der Waals surface area contributed by atoms with Crippen LogP contribution < -0.4 is 5.32 Å². The molecule has 0 aliphatic heterocycles. The van der Waals surface area contributed by atoms with E-state index in [1.807, 2.05) is 0 Å². The summed E-state index contributed by atoms with van der Waals surface area (Å²) in [5.74, 6) is -0.857. The van der Waals surface area contributed by atoms with Crippen molar-refractivity contribution in [2.75, 3.05) is 6.61 Å². The molecule has 1 aromatic heterocycles. The van der Waals surface area contributed by atoms with Gasteiger partial charge in [-0.2, -0.15) is 0 Å². The number of rotatable bonds is 8. The SMILES string of the molecule is CC(=O)NCc1ccc(C(=O)COC(=O)c2ccc(-c3ccc(C(C)=O)cc3)o2)cc1.